The lowest BCUT2D eigenvalue weighted by molar-refractivity contribution is 0.0736. The third-order valence-corrected chi connectivity index (χ3v) is 4.13. The molecule has 1 fully saturated rings. The van der Waals surface area contributed by atoms with Gasteiger partial charge in [0.2, 0.25) is 0 Å². The molecule has 0 saturated carbocycles. The van der Waals surface area contributed by atoms with E-state index in [4.69, 9.17) is 11.6 Å². The minimum atomic E-state index is 0.0799. The first-order valence-electron chi connectivity index (χ1n) is 6.04. The topological polar surface area (TPSA) is 32.3 Å². The van der Waals surface area contributed by atoms with Gasteiger partial charge in [-0.1, -0.05) is 11.6 Å². The molecule has 1 aliphatic heterocycles. The lowest BCUT2D eigenvalue weighted by Crippen LogP contribution is -2.40. The fourth-order valence-corrected chi connectivity index (χ4v) is 3.22. The molecule has 0 spiro atoms. The van der Waals surface area contributed by atoms with Crippen LogP contribution in [0.15, 0.2) is 22.7 Å². The van der Waals surface area contributed by atoms with Gasteiger partial charge in [-0.05, 0) is 54.0 Å². The summed E-state index contributed by atoms with van der Waals surface area (Å²) in [6, 6.07) is 5.59. The van der Waals surface area contributed by atoms with Crippen molar-refractivity contribution in [3.8, 4) is 0 Å². The Balaban J connectivity index is 2.20. The quantitative estimate of drug-likeness (QED) is 0.923. The zero-order valence-corrected chi connectivity index (χ0v) is 12.6. The van der Waals surface area contributed by atoms with Gasteiger partial charge >= 0.3 is 0 Å². The molecule has 0 aliphatic carbocycles. The maximum Gasteiger partial charge on any atom is 0.255 e. The van der Waals surface area contributed by atoms with Gasteiger partial charge in [0.1, 0.15) is 0 Å². The summed E-state index contributed by atoms with van der Waals surface area (Å²) in [4.78, 5) is 14.4. The van der Waals surface area contributed by atoms with Crippen LogP contribution >= 0.6 is 27.5 Å². The molecule has 2 rings (SSSR count). The minimum absolute atomic E-state index is 0.0799. The summed E-state index contributed by atoms with van der Waals surface area (Å²) in [7, 11) is 1.92. The largest absolute Gasteiger partial charge is 0.334 e. The summed E-state index contributed by atoms with van der Waals surface area (Å²) in [5.41, 5.74) is 0.683. The first-order chi connectivity index (χ1) is 8.63. The fraction of sp³-hybridized carbons (Fsp3) is 0.462. The molecule has 98 valence electrons. The zero-order chi connectivity index (χ0) is 13.1. The van der Waals surface area contributed by atoms with E-state index in [9.17, 15) is 4.79 Å². The molecule has 18 heavy (non-hydrogen) atoms. The van der Waals surface area contributed by atoms with Crippen LogP contribution in [0.2, 0.25) is 5.02 Å². The molecule has 1 aliphatic rings. The lowest BCUT2D eigenvalue weighted by Gasteiger charge is -2.25. The van der Waals surface area contributed by atoms with Crippen molar-refractivity contribution in [2.45, 2.75) is 18.9 Å². The van der Waals surface area contributed by atoms with Gasteiger partial charge in [-0.3, -0.25) is 4.79 Å². The minimum Gasteiger partial charge on any atom is -0.334 e. The number of likely N-dealkylation sites (tertiary alicyclic amines) is 1. The average Bonchev–Trinajstić information content (AvgIpc) is 2.77. The van der Waals surface area contributed by atoms with Crippen molar-refractivity contribution < 1.29 is 4.79 Å². The van der Waals surface area contributed by atoms with Gasteiger partial charge in [0.05, 0.1) is 5.56 Å². The molecular weight excluding hydrogens is 316 g/mol. The predicted octanol–water partition coefficient (Wildman–Crippen LogP) is 2.93. The second-order valence-electron chi connectivity index (χ2n) is 4.48. The van der Waals surface area contributed by atoms with Crippen LogP contribution in [0.1, 0.15) is 23.2 Å². The highest BCUT2D eigenvalue weighted by atomic mass is 79.9. The summed E-state index contributed by atoms with van der Waals surface area (Å²) in [5.74, 6) is 0.0799. The van der Waals surface area contributed by atoms with Crippen molar-refractivity contribution in [1.82, 2.24) is 10.2 Å². The summed E-state index contributed by atoms with van der Waals surface area (Å²) in [6.07, 6.45) is 2.14. The number of rotatable bonds is 3. The van der Waals surface area contributed by atoms with E-state index in [-0.39, 0.29) is 5.91 Å². The van der Waals surface area contributed by atoms with Crippen molar-refractivity contribution in [1.29, 1.82) is 0 Å². The molecule has 1 aromatic rings. The number of carbonyl (C=O) groups excluding carboxylic acids is 1. The molecule has 1 amide bonds. The maximum absolute atomic E-state index is 12.5. The fourth-order valence-electron chi connectivity index (χ4n) is 2.37. The number of nitrogens with one attached hydrogen (secondary N) is 1. The molecule has 1 aromatic carbocycles. The van der Waals surface area contributed by atoms with Crippen LogP contribution in [0.5, 0.6) is 0 Å². The van der Waals surface area contributed by atoms with Crippen LogP contribution in [0, 0.1) is 0 Å². The number of carbonyl (C=O) groups is 1. The number of halogens is 2. The van der Waals surface area contributed by atoms with Crippen molar-refractivity contribution in [2.24, 2.45) is 0 Å². The summed E-state index contributed by atoms with van der Waals surface area (Å²) in [6.45, 7) is 1.68. The Morgan fingerprint density at radius 2 is 2.39 bits per heavy atom. The van der Waals surface area contributed by atoms with Gasteiger partial charge < -0.3 is 10.2 Å². The number of likely N-dealkylation sites (N-methyl/N-ethyl adjacent to an activating group) is 1. The van der Waals surface area contributed by atoms with E-state index in [1.807, 2.05) is 11.9 Å². The molecule has 0 bridgehead atoms. The number of benzene rings is 1. The highest BCUT2D eigenvalue weighted by molar-refractivity contribution is 9.10. The number of hydrogen-bond donors (Lipinski definition) is 1. The van der Waals surface area contributed by atoms with Crippen LogP contribution in [-0.2, 0) is 0 Å². The molecule has 3 nitrogen and oxygen atoms in total. The van der Waals surface area contributed by atoms with Crippen LogP contribution in [0.3, 0.4) is 0 Å². The first kappa shape index (κ1) is 13.8. The Morgan fingerprint density at radius 1 is 1.61 bits per heavy atom. The van der Waals surface area contributed by atoms with Crippen molar-refractivity contribution >= 4 is 33.4 Å². The van der Waals surface area contributed by atoms with E-state index in [1.54, 1.807) is 18.2 Å². The molecule has 1 saturated heterocycles. The number of amides is 1. The SMILES string of the molecule is CNC[C@@H]1CCCN1C(=O)c1ccc(Cl)cc1Br. The average molecular weight is 332 g/mol. The Morgan fingerprint density at radius 3 is 3.06 bits per heavy atom. The van der Waals surface area contributed by atoms with Gasteiger partial charge in [0.25, 0.3) is 5.91 Å². The summed E-state index contributed by atoms with van der Waals surface area (Å²) in [5, 5.41) is 3.77. The van der Waals surface area contributed by atoms with Crippen LogP contribution in [0.4, 0.5) is 0 Å². The zero-order valence-electron chi connectivity index (χ0n) is 10.2. The monoisotopic (exact) mass is 330 g/mol. The van der Waals surface area contributed by atoms with Crippen LogP contribution in [-0.4, -0.2) is 37.0 Å². The first-order valence-corrected chi connectivity index (χ1v) is 7.21. The molecule has 0 radical (unpaired) electrons. The van der Waals surface area contributed by atoms with E-state index < -0.39 is 0 Å². The number of nitrogens with zero attached hydrogens (tertiary/aromatic N) is 1. The molecule has 0 unspecified atom stereocenters. The second kappa shape index (κ2) is 6.04. The van der Waals surface area contributed by atoms with Gasteiger partial charge in [-0.25, -0.2) is 0 Å². The molecule has 0 aromatic heterocycles. The normalized spacial score (nSPS) is 19.3. The van der Waals surface area contributed by atoms with Crippen LogP contribution < -0.4 is 5.32 Å². The van der Waals surface area contributed by atoms with E-state index in [1.165, 1.54) is 0 Å². The highest BCUT2D eigenvalue weighted by Gasteiger charge is 2.29. The van der Waals surface area contributed by atoms with Crippen molar-refractivity contribution in [2.75, 3.05) is 20.1 Å². The predicted molar refractivity (Wildman–Crippen MR) is 77.1 cm³/mol. The highest BCUT2D eigenvalue weighted by Crippen LogP contribution is 2.26. The van der Waals surface area contributed by atoms with Crippen molar-refractivity contribution in [3.05, 3.63) is 33.3 Å². The van der Waals surface area contributed by atoms with Crippen molar-refractivity contribution in [3.63, 3.8) is 0 Å². The smallest absolute Gasteiger partial charge is 0.255 e. The standard InChI is InChI=1S/C13H16BrClN2O/c1-16-8-10-3-2-6-17(10)13(18)11-5-4-9(15)7-12(11)14/h4-5,7,10,16H,2-3,6,8H2,1H3/t10-/m0/s1. The number of hydrogen-bond acceptors (Lipinski definition) is 2. The molecule has 1 heterocycles. The second-order valence-corrected chi connectivity index (χ2v) is 5.77. The van der Waals surface area contributed by atoms with E-state index >= 15 is 0 Å². The third-order valence-electron chi connectivity index (χ3n) is 3.24. The molecular formula is C13H16BrClN2O. The van der Waals surface area contributed by atoms with Gasteiger partial charge in [0.15, 0.2) is 0 Å². The Hall–Kier alpha value is -0.580. The molecule has 1 N–H and O–H groups in total. The summed E-state index contributed by atoms with van der Waals surface area (Å²) < 4.78 is 0.759. The van der Waals surface area contributed by atoms with E-state index in [2.05, 4.69) is 21.2 Å². The molecule has 5 heteroatoms. The Kier molecular flexibility index (Phi) is 4.65. The lowest BCUT2D eigenvalue weighted by atomic mass is 10.1. The maximum atomic E-state index is 12.5. The van der Waals surface area contributed by atoms with Gasteiger partial charge in [-0.2, -0.15) is 0 Å². The van der Waals surface area contributed by atoms with E-state index in [0.29, 0.717) is 16.6 Å². The van der Waals surface area contributed by atoms with E-state index in [0.717, 1.165) is 30.4 Å². The Labute approximate surface area is 121 Å². The van der Waals surface area contributed by atoms with Gasteiger partial charge in [-0.15, -0.1) is 0 Å². The van der Waals surface area contributed by atoms with Gasteiger partial charge in [0, 0.05) is 28.6 Å². The third kappa shape index (κ3) is 2.87. The Bertz CT molecular complexity index is 453. The summed E-state index contributed by atoms with van der Waals surface area (Å²) >= 11 is 9.30. The molecule has 1 atom stereocenters. The van der Waals surface area contributed by atoms with Crippen LogP contribution in [0.25, 0.3) is 0 Å².